The second-order valence-corrected chi connectivity index (χ2v) is 4.26. The van der Waals surface area contributed by atoms with Crippen LogP contribution in [0.4, 0.5) is 0 Å². The fourth-order valence-electron chi connectivity index (χ4n) is 1.52. The summed E-state index contributed by atoms with van der Waals surface area (Å²) in [4.78, 5) is 14.8. The van der Waals surface area contributed by atoms with Gasteiger partial charge in [-0.15, -0.1) is 11.3 Å². The number of benzene rings is 1. The van der Waals surface area contributed by atoms with Gasteiger partial charge in [-0.1, -0.05) is 0 Å². The second-order valence-electron chi connectivity index (χ2n) is 3.37. The fourth-order valence-corrected chi connectivity index (χ4v) is 2.13. The Morgan fingerprint density at radius 1 is 1.44 bits per heavy atom. The Morgan fingerprint density at radius 2 is 2.25 bits per heavy atom. The second kappa shape index (κ2) is 4.45. The van der Waals surface area contributed by atoms with Crippen molar-refractivity contribution in [3.8, 4) is 17.0 Å². The lowest BCUT2D eigenvalue weighted by atomic mass is 10.1. The third-order valence-electron chi connectivity index (χ3n) is 2.33. The number of methoxy groups -OCH3 is 1. The van der Waals surface area contributed by atoms with E-state index in [-0.39, 0.29) is 0 Å². The minimum atomic E-state index is 0.505. The van der Waals surface area contributed by atoms with Crippen LogP contribution in [-0.4, -0.2) is 18.4 Å². The number of nitrogens with zero attached hydrogens (tertiary/aromatic N) is 1. The Labute approximate surface area is 97.7 Å². The smallest absolute Gasteiger partial charge is 0.178 e. The van der Waals surface area contributed by atoms with Crippen LogP contribution >= 0.6 is 11.3 Å². The van der Waals surface area contributed by atoms with Gasteiger partial charge >= 0.3 is 0 Å². The summed E-state index contributed by atoms with van der Waals surface area (Å²) in [5.74, 6) is 0.826. The van der Waals surface area contributed by atoms with Crippen LogP contribution in [0.5, 0.6) is 5.75 Å². The summed E-state index contributed by atoms with van der Waals surface area (Å²) in [6.07, 6.45) is 0.771. The van der Waals surface area contributed by atoms with Crippen molar-refractivity contribution in [2.75, 3.05) is 7.11 Å². The monoisotopic (exact) mass is 233 g/mol. The first kappa shape index (κ1) is 10.8. The molecule has 1 aromatic heterocycles. The predicted molar refractivity (Wildman–Crippen MR) is 64.2 cm³/mol. The highest BCUT2D eigenvalue weighted by Gasteiger charge is 2.07. The molecule has 16 heavy (non-hydrogen) atoms. The van der Waals surface area contributed by atoms with E-state index in [1.807, 2.05) is 30.5 Å². The first-order valence-electron chi connectivity index (χ1n) is 4.80. The molecule has 0 aliphatic rings. The maximum Gasteiger partial charge on any atom is 0.178 e. The number of thiazole rings is 1. The molecule has 0 bridgehead atoms. The maximum atomic E-state index is 10.6. The maximum absolute atomic E-state index is 10.6. The number of aryl methyl sites for hydroxylation is 1. The average molecular weight is 233 g/mol. The highest BCUT2D eigenvalue weighted by atomic mass is 32.1. The summed E-state index contributed by atoms with van der Waals surface area (Å²) in [7, 11) is 1.64. The van der Waals surface area contributed by atoms with Crippen LogP contribution in [-0.2, 0) is 0 Å². The summed E-state index contributed by atoms with van der Waals surface area (Å²) >= 11 is 1.35. The van der Waals surface area contributed by atoms with E-state index in [0.717, 1.165) is 28.9 Å². The van der Waals surface area contributed by atoms with Crippen molar-refractivity contribution in [3.63, 3.8) is 0 Å². The third kappa shape index (κ3) is 1.97. The van der Waals surface area contributed by atoms with Crippen LogP contribution in [0.2, 0.25) is 0 Å². The number of hydrogen-bond donors (Lipinski definition) is 0. The minimum absolute atomic E-state index is 0.505. The van der Waals surface area contributed by atoms with Crippen LogP contribution in [0, 0.1) is 6.92 Å². The molecule has 0 spiro atoms. The normalized spacial score (nSPS) is 10.1. The molecule has 0 saturated heterocycles. The van der Waals surface area contributed by atoms with E-state index in [4.69, 9.17) is 4.74 Å². The molecule has 0 N–H and O–H groups in total. The number of carbonyl (C=O) groups is 1. The number of hydrogen-bond acceptors (Lipinski definition) is 4. The number of rotatable bonds is 3. The zero-order valence-electron chi connectivity index (χ0n) is 9.06. The number of aldehydes is 1. The molecule has 2 rings (SSSR count). The molecule has 0 radical (unpaired) electrons. The SMILES string of the molecule is COc1ccc(-c2csc(C=O)n2)c(C)c1. The van der Waals surface area contributed by atoms with Crippen LogP contribution in [0.15, 0.2) is 23.6 Å². The molecule has 0 aliphatic heterocycles. The molecular formula is C12H11NO2S. The zero-order valence-corrected chi connectivity index (χ0v) is 9.88. The van der Waals surface area contributed by atoms with Crippen LogP contribution < -0.4 is 4.74 Å². The van der Waals surface area contributed by atoms with Crippen molar-refractivity contribution in [3.05, 3.63) is 34.2 Å². The van der Waals surface area contributed by atoms with Crippen LogP contribution in [0.25, 0.3) is 11.3 Å². The fraction of sp³-hybridized carbons (Fsp3) is 0.167. The number of ether oxygens (including phenoxy) is 1. The highest BCUT2D eigenvalue weighted by Crippen LogP contribution is 2.27. The first-order valence-corrected chi connectivity index (χ1v) is 5.68. The molecule has 0 aliphatic carbocycles. The van der Waals surface area contributed by atoms with Crippen molar-refractivity contribution in [2.24, 2.45) is 0 Å². The third-order valence-corrected chi connectivity index (χ3v) is 3.10. The minimum Gasteiger partial charge on any atom is -0.497 e. The molecule has 82 valence electrons. The summed E-state index contributed by atoms with van der Waals surface area (Å²) in [5.41, 5.74) is 2.96. The van der Waals surface area contributed by atoms with Gasteiger partial charge < -0.3 is 4.74 Å². The van der Waals surface area contributed by atoms with Crippen molar-refractivity contribution in [1.82, 2.24) is 4.98 Å². The molecular weight excluding hydrogens is 222 g/mol. The average Bonchev–Trinajstić information content (AvgIpc) is 2.77. The summed E-state index contributed by atoms with van der Waals surface area (Å²) < 4.78 is 5.14. The van der Waals surface area contributed by atoms with Gasteiger partial charge in [-0.2, -0.15) is 0 Å². The van der Waals surface area contributed by atoms with Gasteiger partial charge in [0, 0.05) is 10.9 Å². The molecule has 0 unspecified atom stereocenters. The first-order chi connectivity index (χ1) is 7.74. The number of aromatic nitrogens is 1. The Hall–Kier alpha value is -1.68. The van der Waals surface area contributed by atoms with Crippen molar-refractivity contribution >= 4 is 17.6 Å². The largest absolute Gasteiger partial charge is 0.497 e. The lowest BCUT2D eigenvalue weighted by Gasteiger charge is -2.05. The van der Waals surface area contributed by atoms with E-state index < -0.39 is 0 Å². The Balaban J connectivity index is 2.43. The molecule has 4 heteroatoms. The topological polar surface area (TPSA) is 39.2 Å². The number of carbonyl (C=O) groups excluding carboxylic acids is 1. The van der Waals surface area contributed by atoms with Gasteiger partial charge in [0.25, 0.3) is 0 Å². The van der Waals surface area contributed by atoms with Gasteiger partial charge in [0.2, 0.25) is 0 Å². The van der Waals surface area contributed by atoms with Gasteiger partial charge in [-0.3, -0.25) is 4.79 Å². The van der Waals surface area contributed by atoms with Crippen molar-refractivity contribution in [1.29, 1.82) is 0 Å². The molecule has 2 aromatic rings. The summed E-state index contributed by atoms with van der Waals surface area (Å²) in [5, 5.41) is 2.39. The summed E-state index contributed by atoms with van der Waals surface area (Å²) in [6.45, 7) is 2.00. The molecule has 0 atom stereocenters. The highest BCUT2D eigenvalue weighted by molar-refractivity contribution is 7.11. The van der Waals surface area contributed by atoms with Crippen molar-refractivity contribution in [2.45, 2.75) is 6.92 Å². The van der Waals surface area contributed by atoms with E-state index in [9.17, 15) is 4.79 Å². The van der Waals surface area contributed by atoms with E-state index in [0.29, 0.717) is 5.01 Å². The predicted octanol–water partition coefficient (Wildman–Crippen LogP) is 2.94. The van der Waals surface area contributed by atoms with E-state index >= 15 is 0 Å². The zero-order chi connectivity index (χ0) is 11.5. The van der Waals surface area contributed by atoms with Crippen LogP contribution in [0.1, 0.15) is 15.4 Å². The molecule has 3 nitrogen and oxygen atoms in total. The van der Waals surface area contributed by atoms with Crippen molar-refractivity contribution < 1.29 is 9.53 Å². The molecule has 0 amide bonds. The summed E-state index contributed by atoms with van der Waals surface area (Å²) in [6, 6.07) is 5.80. The van der Waals surface area contributed by atoms with E-state index in [2.05, 4.69) is 4.98 Å². The molecule has 1 heterocycles. The van der Waals surface area contributed by atoms with E-state index in [1.165, 1.54) is 11.3 Å². The molecule has 0 fully saturated rings. The quantitative estimate of drug-likeness (QED) is 0.765. The van der Waals surface area contributed by atoms with Gasteiger partial charge in [0.1, 0.15) is 5.75 Å². The van der Waals surface area contributed by atoms with Gasteiger partial charge in [0.05, 0.1) is 12.8 Å². The lowest BCUT2D eigenvalue weighted by molar-refractivity contribution is 0.112. The van der Waals surface area contributed by atoms with Crippen LogP contribution in [0.3, 0.4) is 0 Å². The van der Waals surface area contributed by atoms with Gasteiger partial charge in [-0.05, 0) is 30.7 Å². The molecule has 0 saturated carbocycles. The van der Waals surface area contributed by atoms with Gasteiger partial charge in [0.15, 0.2) is 11.3 Å². The lowest BCUT2D eigenvalue weighted by Crippen LogP contribution is -1.88. The van der Waals surface area contributed by atoms with E-state index in [1.54, 1.807) is 7.11 Å². The Bertz CT molecular complexity index is 519. The standard InChI is InChI=1S/C12H11NO2S/c1-8-5-9(15-2)3-4-10(8)11-7-16-12(6-14)13-11/h3-7H,1-2H3. The Morgan fingerprint density at radius 3 is 2.81 bits per heavy atom. The Kier molecular flexibility index (Phi) is 3.01. The van der Waals surface area contributed by atoms with Gasteiger partial charge in [-0.25, -0.2) is 4.98 Å². The molecule has 1 aromatic carbocycles.